The molecule has 0 spiro atoms. The van der Waals surface area contributed by atoms with Crippen LogP contribution in [0.5, 0.6) is 0 Å². The fraction of sp³-hybridized carbons (Fsp3) is 0.250. The molecule has 1 aromatic rings. The molecule has 7 nitrogen and oxygen atoms in total. The molecule has 1 unspecified atom stereocenters. The van der Waals surface area contributed by atoms with Gasteiger partial charge in [-0.15, -0.1) is 0 Å². The molecule has 1 heterocycles. The van der Waals surface area contributed by atoms with Crippen molar-refractivity contribution < 1.29 is 19.7 Å². The largest absolute Gasteiger partial charge is 0.389 e. The lowest BCUT2D eigenvalue weighted by atomic mass is 10.1. The molecule has 7 heteroatoms. The standard InChI is InChI=1S/C12H12N2O5/c15-11-7-13(19-8-11)6-5-12(16)9-1-3-10(4-2-9)14(17)18/h1-6,11,15H,7-8H2. The van der Waals surface area contributed by atoms with Crippen LogP contribution in [0.25, 0.3) is 0 Å². The van der Waals surface area contributed by atoms with Crippen molar-refractivity contribution in [2.45, 2.75) is 6.10 Å². The number of β-amino-alcohol motifs (C(OH)–C–C–N with tert-alkyl or cyclic N) is 1. The van der Waals surface area contributed by atoms with E-state index in [-0.39, 0.29) is 18.1 Å². The Hall–Kier alpha value is -2.25. The molecule has 1 atom stereocenters. The summed E-state index contributed by atoms with van der Waals surface area (Å²) in [6, 6.07) is 5.34. The molecule has 1 aliphatic rings. The predicted molar refractivity (Wildman–Crippen MR) is 65.2 cm³/mol. The van der Waals surface area contributed by atoms with Crippen LogP contribution in [-0.2, 0) is 4.84 Å². The van der Waals surface area contributed by atoms with Crippen molar-refractivity contribution >= 4 is 11.5 Å². The first kappa shape index (κ1) is 13.2. The lowest BCUT2D eigenvalue weighted by Gasteiger charge is -2.08. The number of hydrogen-bond acceptors (Lipinski definition) is 6. The van der Waals surface area contributed by atoms with Crippen LogP contribution in [0.2, 0.25) is 0 Å². The van der Waals surface area contributed by atoms with Crippen molar-refractivity contribution in [1.82, 2.24) is 5.06 Å². The van der Waals surface area contributed by atoms with Gasteiger partial charge in [0.2, 0.25) is 0 Å². The van der Waals surface area contributed by atoms with E-state index in [1.807, 2.05) is 0 Å². The van der Waals surface area contributed by atoms with Crippen molar-refractivity contribution in [1.29, 1.82) is 0 Å². The number of carbonyl (C=O) groups excluding carboxylic acids is 1. The van der Waals surface area contributed by atoms with E-state index in [0.717, 1.165) is 0 Å². The number of benzene rings is 1. The molecule has 1 saturated heterocycles. The summed E-state index contributed by atoms with van der Waals surface area (Å²) < 4.78 is 0. The van der Waals surface area contributed by atoms with Crippen molar-refractivity contribution in [3.8, 4) is 0 Å². The minimum Gasteiger partial charge on any atom is -0.389 e. The molecule has 0 saturated carbocycles. The van der Waals surface area contributed by atoms with Gasteiger partial charge >= 0.3 is 0 Å². The van der Waals surface area contributed by atoms with E-state index in [9.17, 15) is 20.0 Å². The third-order valence-corrected chi connectivity index (χ3v) is 2.58. The van der Waals surface area contributed by atoms with Gasteiger partial charge in [0.25, 0.3) is 5.69 Å². The Labute approximate surface area is 108 Å². The molecule has 0 bridgehead atoms. The SMILES string of the molecule is O=C(C=CN1CC(O)CO1)c1ccc([N+](=O)[O-])cc1. The Bertz CT molecular complexity index is 511. The van der Waals surface area contributed by atoms with E-state index in [4.69, 9.17) is 4.84 Å². The number of hydroxylamine groups is 2. The number of nitro groups is 1. The summed E-state index contributed by atoms with van der Waals surface area (Å²) >= 11 is 0. The highest BCUT2D eigenvalue weighted by Gasteiger charge is 2.18. The molecule has 0 radical (unpaired) electrons. The van der Waals surface area contributed by atoms with Gasteiger partial charge in [0.1, 0.15) is 6.61 Å². The van der Waals surface area contributed by atoms with Crippen LogP contribution in [0.4, 0.5) is 5.69 Å². The van der Waals surface area contributed by atoms with Gasteiger partial charge in [-0.2, -0.15) is 0 Å². The van der Waals surface area contributed by atoms with Gasteiger partial charge in [0.15, 0.2) is 5.78 Å². The maximum Gasteiger partial charge on any atom is 0.269 e. The number of non-ortho nitro benzene ring substituents is 1. The second-order valence-corrected chi connectivity index (χ2v) is 4.03. The van der Waals surface area contributed by atoms with Crippen LogP contribution in [0.15, 0.2) is 36.5 Å². The molecule has 0 aliphatic carbocycles. The predicted octanol–water partition coefficient (Wildman–Crippen LogP) is 0.899. The molecule has 0 aromatic heterocycles. The van der Waals surface area contributed by atoms with Crippen LogP contribution < -0.4 is 0 Å². The molecule has 0 amide bonds. The van der Waals surface area contributed by atoms with E-state index in [0.29, 0.717) is 12.1 Å². The number of rotatable bonds is 4. The maximum absolute atomic E-state index is 11.8. The number of nitro benzene ring substituents is 1. The van der Waals surface area contributed by atoms with Crippen LogP contribution in [-0.4, -0.2) is 40.1 Å². The number of nitrogens with zero attached hydrogens (tertiary/aromatic N) is 2. The first-order chi connectivity index (χ1) is 9.06. The fourth-order valence-electron chi connectivity index (χ4n) is 1.59. The Morgan fingerprint density at radius 1 is 1.47 bits per heavy atom. The van der Waals surface area contributed by atoms with Crippen LogP contribution >= 0.6 is 0 Å². The zero-order valence-corrected chi connectivity index (χ0v) is 9.93. The van der Waals surface area contributed by atoms with E-state index in [2.05, 4.69) is 0 Å². The zero-order chi connectivity index (χ0) is 13.8. The van der Waals surface area contributed by atoms with Crippen molar-refractivity contribution in [2.24, 2.45) is 0 Å². The number of hydrogen-bond donors (Lipinski definition) is 1. The Morgan fingerprint density at radius 2 is 2.16 bits per heavy atom. The number of aliphatic hydroxyl groups is 1. The number of allylic oxidation sites excluding steroid dienone is 1. The first-order valence-corrected chi connectivity index (χ1v) is 5.61. The summed E-state index contributed by atoms with van der Waals surface area (Å²) in [7, 11) is 0. The minimum atomic E-state index is -0.556. The van der Waals surface area contributed by atoms with Crippen LogP contribution in [0.1, 0.15) is 10.4 Å². The second kappa shape index (κ2) is 5.59. The van der Waals surface area contributed by atoms with E-state index >= 15 is 0 Å². The third kappa shape index (κ3) is 3.36. The third-order valence-electron chi connectivity index (χ3n) is 2.58. The van der Waals surface area contributed by atoms with E-state index < -0.39 is 11.0 Å². The van der Waals surface area contributed by atoms with Crippen LogP contribution in [0, 0.1) is 10.1 Å². The topological polar surface area (TPSA) is 92.9 Å². The number of carbonyl (C=O) groups is 1. The minimum absolute atomic E-state index is 0.0634. The normalized spacial score (nSPS) is 19.0. The van der Waals surface area contributed by atoms with Gasteiger partial charge in [0, 0.05) is 30.0 Å². The van der Waals surface area contributed by atoms with Crippen molar-refractivity contribution in [3.63, 3.8) is 0 Å². The van der Waals surface area contributed by atoms with Gasteiger partial charge in [-0.05, 0) is 12.1 Å². The molecular formula is C12H12N2O5. The summed E-state index contributed by atoms with van der Waals surface area (Å²) in [6.45, 7) is 0.514. The Balaban J connectivity index is 1.99. The van der Waals surface area contributed by atoms with Gasteiger partial charge in [-0.3, -0.25) is 24.8 Å². The van der Waals surface area contributed by atoms with Crippen molar-refractivity contribution in [3.05, 3.63) is 52.2 Å². The summed E-state index contributed by atoms with van der Waals surface area (Å²) in [6.07, 6.45) is 2.17. The maximum atomic E-state index is 11.8. The number of aliphatic hydroxyl groups excluding tert-OH is 1. The second-order valence-electron chi connectivity index (χ2n) is 4.03. The molecule has 1 fully saturated rings. The van der Waals surface area contributed by atoms with Gasteiger partial charge in [-0.25, -0.2) is 0 Å². The highest BCUT2D eigenvalue weighted by molar-refractivity contribution is 6.04. The Morgan fingerprint density at radius 3 is 2.68 bits per heavy atom. The summed E-state index contributed by atoms with van der Waals surface area (Å²) in [5, 5.41) is 21.1. The lowest BCUT2D eigenvalue weighted by Crippen LogP contribution is -2.15. The molecule has 2 rings (SSSR count). The monoisotopic (exact) mass is 264 g/mol. The molecule has 19 heavy (non-hydrogen) atoms. The van der Waals surface area contributed by atoms with E-state index in [1.165, 1.54) is 41.6 Å². The van der Waals surface area contributed by atoms with Gasteiger partial charge in [0.05, 0.1) is 17.6 Å². The molecular weight excluding hydrogens is 252 g/mol. The number of ketones is 1. The average Bonchev–Trinajstić information content (AvgIpc) is 2.82. The van der Waals surface area contributed by atoms with Crippen molar-refractivity contribution in [2.75, 3.05) is 13.2 Å². The summed E-state index contributed by atoms with van der Waals surface area (Å²) in [5.41, 5.74) is 0.285. The zero-order valence-electron chi connectivity index (χ0n) is 9.93. The molecule has 1 N–H and O–H groups in total. The first-order valence-electron chi connectivity index (χ1n) is 5.61. The van der Waals surface area contributed by atoms with Gasteiger partial charge < -0.3 is 5.11 Å². The van der Waals surface area contributed by atoms with E-state index in [1.54, 1.807) is 0 Å². The molecule has 100 valence electrons. The lowest BCUT2D eigenvalue weighted by molar-refractivity contribution is -0.384. The molecule has 1 aromatic carbocycles. The smallest absolute Gasteiger partial charge is 0.269 e. The highest BCUT2D eigenvalue weighted by atomic mass is 16.7. The average molecular weight is 264 g/mol. The summed E-state index contributed by atoms with van der Waals surface area (Å²) in [5.74, 6) is -0.292. The highest BCUT2D eigenvalue weighted by Crippen LogP contribution is 2.13. The Kier molecular flexibility index (Phi) is 3.88. The molecule has 1 aliphatic heterocycles. The van der Waals surface area contributed by atoms with Crippen LogP contribution in [0.3, 0.4) is 0 Å². The fourth-order valence-corrected chi connectivity index (χ4v) is 1.59. The quantitative estimate of drug-likeness (QED) is 0.376. The summed E-state index contributed by atoms with van der Waals surface area (Å²) in [4.78, 5) is 26.8. The van der Waals surface area contributed by atoms with Gasteiger partial charge in [-0.1, -0.05) is 0 Å².